The Morgan fingerprint density at radius 2 is 2.28 bits per heavy atom. The Hall–Kier alpha value is -0.820. The molecule has 1 saturated carbocycles. The average molecular weight is 361 g/mol. The van der Waals surface area contributed by atoms with Crippen molar-refractivity contribution < 1.29 is 14.6 Å². The Bertz CT molecular complexity index is 432. The zero-order chi connectivity index (χ0) is 13.0. The van der Waals surface area contributed by atoms with Crippen molar-refractivity contribution in [3.8, 4) is 5.75 Å². The first-order valence-electron chi connectivity index (χ1n) is 6.01. The minimum absolute atomic E-state index is 0.133. The number of carbonyl (C=O) groups excluding carboxylic acids is 1. The Morgan fingerprint density at radius 1 is 1.50 bits per heavy atom. The number of benzene rings is 1. The van der Waals surface area contributed by atoms with Gasteiger partial charge in [0.2, 0.25) is 0 Å². The van der Waals surface area contributed by atoms with Crippen LogP contribution in [-0.4, -0.2) is 30.8 Å². The SMILES string of the molecule is O=C(NCCOCC1CC1)c1ccc(I)c(O)c1. The zero-order valence-electron chi connectivity index (χ0n) is 9.99. The third-order valence-corrected chi connectivity index (χ3v) is 3.70. The van der Waals surface area contributed by atoms with Crippen molar-refractivity contribution >= 4 is 28.5 Å². The highest BCUT2D eigenvalue weighted by molar-refractivity contribution is 14.1. The van der Waals surface area contributed by atoms with Crippen molar-refractivity contribution in [2.24, 2.45) is 5.92 Å². The summed E-state index contributed by atoms with van der Waals surface area (Å²) in [4.78, 5) is 11.7. The Labute approximate surface area is 120 Å². The smallest absolute Gasteiger partial charge is 0.251 e. The van der Waals surface area contributed by atoms with E-state index in [1.807, 2.05) is 22.6 Å². The number of halogens is 1. The van der Waals surface area contributed by atoms with Gasteiger partial charge in [-0.15, -0.1) is 0 Å². The standard InChI is InChI=1S/C13H16INO3/c14-11-4-3-10(7-12(11)16)13(17)15-5-6-18-8-9-1-2-9/h3-4,7,9,16H,1-2,5-6,8H2,(H,15,17). The molecular weight excluding hydrogens is 345 g/mol. The number of hydrogen-bond acceptors (Lipinski definition) is 3. The third-order valence-electron chi connectivity index (χ3n) is 2.79. The number of nitrogens with one attached hydrogen (secondary N) is 1. The maximum absolute atomic E-state index is 11.7. The molecular formula is C13H16INO3. The van der Waals surface area contributed by atoms with Crippen LogP contribution in [0.5, 0.6) is 5.75 Å². The molecule has 2 N–H and O–H groups in total. The fourth-order valence-corrected chi connectivity index (χ4v) is 1.86. The van der Waals surface area contributed by atoms with Crippen molar-refractivity contribution in [1.29, 1.82) is 0 Å². The lowest BCUT2D eigenvalue weighted by molar-refractivity contribution is 0.0906. The molecule has 1 aromatic carbocycles. The van der Waals surface area contributed by atoms with E-state index in [4.69, 9.17) is 4.74 Å². The normalized spacial score (nSPS) is 14.5. The average Bonchev–Trinajstić information content (AvgIpc) is 3.16. The van der Waals surface area contributed by atoms with Gasteiger partial charge in [0, 0.05) is 18.7 Å². The van der Waals surface area contributed by atoms with Gasteiger partial charge < -0.3 is 15.2 Å². The van der Waals surface area contributed by atoms with E-state index < -0.39 is 0 Å². The van der Waals surface area contributed by atoms with Gasteiger partial charge in [-0.1, -0.05) is 0 Å². The molecule has 0 radical (unpaired) electrons. The second-order valence-electron chi connectivity index (χ2n) is 4.44. The maximum Gasteiger partial charge on any atom is 0.251 e. The van der Waals surface area contributed by atoms with Crippen molar-refractivity contribution in [2.75, 3.05) is 19.8 Å². The highest BCUT2D eigenvalue weighted by atomic mass is 127. The predicted molar refractivity (Wildman–Crippen MR) is 76.7 cm³/mol. The first-order valence-corrected chi connectivity index (χ1v) is 7.09. The van der Waals surface area contributed by atoms with Crippen molar-refractivity contribution in [1.82, 2.24) is 5.32 Å². The van der Waals surface area contributed by atoms with E-state index >= 15 is 0 Å². The lowest BCUT2D eigenvalue weighted by Crippen LogP contribution is -2.27. The number of ether oxygens (including phenoxy) is 1. The Kier molecular flexibility index (Phi) is 4.82. The quantitative estimate of drug-likeness (QED) is 0.603. The van der Waals surface area contributed by atoms with Crippen molar-refractivity contribution in [2.45, 2.75) is 12.8 Å². The molecule has 5 heteroatoms. The molecule has 98 valence electrons. The molecule has 1 amide bonds. The van der Waals surface area contributed by atoms with Gasteiger partial charge in [-0.2, -0.15) is 0 Å². The van der Waals surface area contributed by atoms with Gasteiger partial charge in [0.1, 0.15) is 5.75 Å². The molecule has 0 heterocycles. The minimum atomic E-state index is -0.184. The molecule has 0 atom stereocenters. The molecule has 0 aromatic heterocycles. The second-order valence-corrected chi connectivity index (χ2v) is 5.60. The topological polar surface area (TPSA) is 58.6 Å². The molecule has 0 aliphatic heterocycles. The fourth-order valence-electron chi connectivity index (χ4n) is 1.53. The summed E-state index contributed by atoms with van der Waals surface area (Å²) in [7, 11) is 0. The van der Waals surface area contributed by atoms with E-state index in [2.05, 4.69) is 5.32 Å². The predicted octanol–water partition coefficient (Wildman–Crippen LogP) is 2.15. The first kappa shape index (κ1) is 13.6. The summed E-state index contributed by atoms with van der Waals surface area (Å²) in [5.74, 6) is 0.693. The number of phenols is 1. The molecule has 0 bridgehead atoms. The highest BCUT2D eigenvalue weighted by Gasteiger charge is 2.20. The lowest BCUT2D eigenvalue weighted by Gasteiger charge is -2.07. The molecule has 1 aliphatic carbocycles. The summed E-state index contributed by atoms with van der Waals surface area (Å²) >= 11 is 2.01. The lowest BCUT2D eigenvalue weighted by atomic mass is 10.2. The number of carbonyl (C=O) groups is 1. The van der Waals surface area contributed by atoms with E-state index in [9.17, 15) is 9.90 Å². The zero-order valence-corrected chi connectivity index (χ0v) is 12.1. The third kappa shape index (κ3) is 4.13. The van der Waals surface area contributed by atoms with Crippen LogP contribution in [0.1, 0.15) is 23.2 Å². The van der Waals surface area contributed by atoms with Crippen LogP contribution in [-0.2, 0) is 4.74 Å². The Morgan fingerprint density at radius 3 is 2.94 bits per heavy atom. The summed E-state index contributed by atoms with van der Waals surface area (Å²) in [5, 5.41) is 12.3. The molecule has 0 saturated heterocycles. The summed E-state index contributed by atoms with van der Waals surface area (Å²) in [5.41, 5.74) is 0.468. The van der Waals surface area contributed by atoms with E-state index in [1.165, 1.54) is 18.9 Å². The van der Waals surface area contributed by atoms with E-state index in [-0.39, 0.29) is 11.7 Å². The maximum atomic E-state index is 11.7. The van der Waals surface area contributed by atoms with Crippen LogP contribution in [0, 0.1) is 9.49 Å². The van der Waals surface area contributed by atoms with Crippen LogP contribution in [0.4, 0.5) is 0 Å². The largest absolute Gasteiger partial charge is 0.507 e. The van der Waals surface area contributed by atoms with Gasteiger partial charge in [0.05, 0.1) is 10.2 Å². The molecule has 4 nitrogen and oxygen atoms in total. The minimum Gasteiger partial charge on any atom is -0.507 e. The molecule has 0 spiro atoms. The van der Waals surface area contributed by atoms with E-state index in [1.54, 1.807) is 12.1 Å². The molecule has 2 rings (SSSR count). The van der Waals surface area contributed by atoms with Gasteiger partial charge in [0.15, 0.2) is 0 Å². The van der Waals surface area contributed by atoms with Crippen LogP contribution < -0.4 is 5.32 Å². The number of phenolic OH excluding ortho intramolecular Hbond substituents is 1. The summed E-state index contributed by atoms with van der Waals surface area (Å²) in [6, 6.07) is 4.89. The summed E-state index contributed by atoms with van der Waals surface area (Å²) in [6.45, 7) is 1.84. The fraction of sp³-hybridized carbons (Fsp3) is 0.462. The van der Waals surface area contributed by atoms with Crippen LogP contribution in [0.3, 0.4) is 0 Å². The highest BCUT2D eigenvalue weighted by Crippen LogP contribution is 2.28. The number of amides is 1. The van der Waals surface area contributed by atoms with Crippen LogP contribution in [0.25, 0.3) is 0 Å². The van der Waals surface area contributed by atoms with Crippen molar-refractivity contribution in [3.63, 3.8) is 0 Å². The number of hydrogen-bond donors (Lipinski definition) is 2. The van der Waals surface area contributed by atoms with Crippen LogP contribution >= 0.6 is 22.6 Å². The van der Waals surface area contributed by atoms with Gasteiger partial charge >= 0.3 is 0 Å². The van der Waals surface area contributed by atoms with Gasteiger partial charge in [-0.3, -0.25) is 4.79 Å². The summed E-state index contributed by atoms with van der Waals surface area (Å²) < 4.78 is 6.15. The van der Waals surface area contributed by atoms with Crippen LogP contribution in [0.2, 0.25) is 0 Å². The van der Waals surface area contributed by atoms with Crippen molar-refractivity contribution in [3.05, 3.63) is 27.3 Å². The molecule has 1 aromatic rings. The van der Waals surface area contributed by atoms with E-state index in [0.717, 1.165) is 16.1 Å². The molecule has 1 aliphatic rings. The van der Waals surface area contributed by atoms with E-state index in [0.29, 0.717) is 18.7 Å². The van der Waals surface area contributed by atoms with Gasteiger partial charge in [-0.05, 0) is 59.5 Å². The monoisotopic (exact) mass is 361 g/mol. The molecule has 0 unspecified atom stereocenters. The second kappa shape index (κ2) is 6.38. The van der Waals surface area contributed by atoms with Gasteiger partial charge in [-0.25, -0.2) is 0 Å². The van der Waals surface area contributed by atoms with Gasteiger partial charge in [0.25, 0.3) is 5.91 Å². The Balaban J connectivity index is 1.70. The summed E-state index contributed by atoms with van der Waals surface area (Å²) in [6.07, 6.45) is 2.54. The van der Waals surface area contributed by atoms with Crippen LogP contribution in [0.15, 0.2) is 18.2 Å². The number of aromatic hydroxyl groups is 1. The molecule has 18 heavy (non-hydrogen) atoms. The first-order chi connectivity index (χ1) is 8.66. The molecule has 1 fully saturated rings. The number of rotatable bonds is 6.